The summed E-state index contributed by atoms with van der Waals surface area (Å²) in [7, 11) is 0. The molecule has 0 radical (unpaired) electrons. The van der Waals surface area contributed by atoms with Crippen molar-refractivity contribution >= 4 is 23.2 Å². The first-order chi connectivity index (χ1) is 9.30. The molecule has 1 amide bonds. The van der Waals surface area contributed by atoms with Crippen LogP contribution in [0, 0.1) is 12.3 Å². The molecular weight excluding hydrogens is 274 g/mol. The number of nitrogens with one attached hydrogen (secondary N) is 2. The van der Waals surface area contributed by atoms with Crippen LogP contribution in [0.15, 0.2) is 24.3 Å². The molecule has 0 aliphatic rings. The number of carbonyl (C=O) groups excluding carboxylic acids is 1. The molecule has 2 rings (SSSR count). The molecule has 0 aliphatic heterocycles. The fourth-order valence-corrected chi connectivity index (χ4v) is 1.96. The third-order valence-corrected chi connectivity index (χ3v) is 3.33. The first-order valence-corrected chi connectivity index (χ1v) is 6.80. The maximum atomic E-state index is 12.2. The van der Waals surface area contributed by atoms with Crippen LogP contribution < -0.4 is 5.32 Å². The molecule has 0 atom stereocenters. The van der Waals surface area contributed by atoms with Crippen LogP contribution in [0.4, 0.5) is 5.69 Å². The lowest BCUT2D eigenvalue weighted by molar-refractivity contribution is -0.123. The van der Waals surface area contributed by atoms with E-state index in [0.717, 1.165) is 11.3 Å². The number of amides is 1. The van der Waals surface area contributed by atoms with E-state index in [0.29, 0.717) is 16.4 Å². The van der Waals surface area contributed by atoms with E-state index in [1.54, 1.807) is 6.07 Å². The van der Waals surface area contributed by atoms with Crippen molar-refractivity contribution in [2.75, 3.05) is 5.32 Å². The fraction of sp³-hybridized carbons (Fsp3) is 0.333. The van der Waals surface area contributed by atoms with E-state index in [-0.39, 0.29) is 5.91 Å². The van der Waals surface area contributed by atoms with Crippen LogP contribution >= 0.6 is 11.6 Å². The Bertz CT molecular complexity index is 641. The van der Waals surface area contributed by atoms with Gasteiger partial charge in [0.15, 0.2) is 0 Å². The van der Waals surface area contributed by atoms with Crippen molar-refractivity contribution in [3.8, 4) is 11.3 Å². The Morgan fingerprint density at radius 3 is 2.55 bits per heavy atom. The average Bonchev–Trinajstić information content (AvgIpc) is 2.71. The van der Waals surface area contributed by atoms with Gasteiger partial charge in [-0.3, -0.25) is 9.89 Å². The van der Waals surface area contributed by atoms with E-state index in [1.165, 1.54) is 0 Å². The zero-order valence-corrected chi connectivity index (χ0v) is 12.8. The van der Waals surface area contributed by atoms with Gasteiger partial charge in [-0.05, 0) is 13.0 Å². The maximum Gasteiger partial charge on any atom is 0.229 e. The third kappa shape index (κ3) is 2.85. The largest absolute Gasteiger partial charge is 0.322 e. The molecule has 0 unspecified atom stereocenters. The molecule has 0 saturated carbocycles. The molecule has 2 aromatic rings. The van der Waals surface area contributed by atoms with E-state index < -0.39 is 5.41 Å². The Morgan fingerprint density at radius 1 is 1.30 bits per heavy atom. The molecule has 5 heteroatoms. The second-order valence-electron chi connectivity index (χ2n) is 5.76. The van der Waals surface area contributed by atoms with E-state index in [1.807, 2.05) is 45.9 Å². The molecule has 1 heterocycles. The van der Waals surface area contributed by atoms with Crippen molar-refractivity contribution in [1.29, 1.82) is 0 Å². The molecule has 106 valence electrons. The van der Waals surface area contributed by atoms with Crippen molar-refractivity contribution in [3.05, 3.63) is 35.0 Å². The van der Waals surface area contributed by atoms with Crippen LogP contribution in [-0.4, -0.2) is 16.1 Å². The normalized spacial score (nSPS) is 11.4. The Hall–Kier alpha value is -1.81. The number of benzene rings is 1. The van der Waals surface area contributed by atoms with Crippen LogP contribution in [0.5, 0.6) is 0 Å². The highest BCUT2D eigenvalue weighted by atomic mass is 35.5. The summed E-state index contributed by atoms with van der Waals surface area (Å²) in [6.07, 6.45) is 0. The van der Waals surface area contributed by atoms with Crippen LogP contribution in [0.2, 0.25) is 5.02 Å². The number of carbonyl (C=O) groups is 1. The zero-order valence-electron chi connectivity index (χ0n) is 12.0. The zero-order chi connectivity index (χ0) is 14.9. The van der Waals surface area contributed by atoms with Crippen molar-refractivity contribution in [2.24, 2.45) is 5.41 Å². The second kappa shape index (κ2) is 5.29. The van der Waals surface area contributed by atoms with Gasteiger partial charge in [0, 0.05) is 11.0 Å². The first-order valence-electron chi connectivity index (χ1n) is 6.42. The lowest BCUT2D eigenvalue weighted by Crippen LogP contribution is -2.28. The number of H-pyrrole nitrogens is 1. The van der Waals surface area contributed by atoms with E-state index >= 15 is 0 Å². The molecule has 0 saturated heterocycles. The number of halogens is 1. The number of hydrogen-bond donors (Lipinski definition) is 2. The Balaban J connectivity index is 2.44. The van der Waals surface area contributed by atoms with Gasteiger partial charge >= 0.3 is 0 Å². The van der Waals surface area contributed by atoms with Crippen LogP contribution in [0.1, 0.15) is 26.5 Å². The number of aromatic nitrogens is 2. The minimum atomic E-state index is -0.471. The highest BCUT2D eigenvalue weighted by Gasteiger charge is 2.24. The quantitative estimate of drug-likeness (QED) is 0.878. The molecule has 0 aliphatic carbocycles. The molecule has 4 nitrogen and oxygen atoms in total. The Labute approximate surface area is 123 Å². The molecule has 0 bridgehead atoms. The van der Waals surface area contributed by atoms with Gasteiger partial charge in [-0.2, -0.15) is 5.10 Å². The smallest absolute Gasteiger partial charge is 0.229 e. The maximum absolute atomic E-state index is 12.2. The topological polar surface area (TPSA) is 57.8 Å². The summed E-state index contributed by atoms with van der Waals surface area (Å²) < 4.78 is 0. The minimum absolute atomic E-state index is 0.0599. The average molecular weight is 292 g/mol. The van der Waals surface area contributed by atoms with Gasteiger partial charge in [0.1, 0.15) is 5.69 Å². The summed E-state index contributed by atoms with van der Waals surface area (Å²) in [5.74, 6) is -0.0599. The summed E-state index contributed by atoms with van der Waals surface area (Å²) in [6, 6.07) is 7.43. The van der Waals surface area contributed by atoms with Gasteiger partial charge in [0.2, 0.25) is 5.91 Å². The number of hydrogen-bond acceptors (Lipinski definition) is 2. The van der Waals surface area contributed by atoms with E-state index in [2.05, 4.69) is 15.5 Å². The van der Waals surface area contributed by atoms with Crippen molar-refractivity contribution in [2.45, 2.75) is 27.7 Å². The van der Waals surface area contributed by atoms with Gasteiger partial charge in [-0.1, -0.05) is 50.6 Å². The number of aromatic amines is 1. The SMILES string of the molecule is Cc1[nH]nc(-c2ccccc2Cl)c1NC(=O)C(C)(C)C. The molecule has 2 N–H and O–H groups in total. The Kier molecular flexibility index (Phi) is 3.86. The van der Waals surface area contributed by atoms with Gasteiger partial charge < -0.3 is 5.32 Å². The molecule has 0 fully saturated rings. The van der Waals surface area contributed by atoms with Gasteiger partial charge in [-0.25, -0.2) is 0 Å². The molecule has 0 spiro atoms. The molecular formula is C15H18ClN3O. The number of anilines is 1. The summed E-state index contributed by atoms with van der Waals surface area (Å²) in [6.45, 7) is 7.47. The van der Waals surface area contributed by atoms with Crippen molar-refractivity contribution in [1.82, 2.24) is 10.2 Å². The molecule has 1 aromatic carbocycles. The third-order valence-electron chi connectivity index (χ3n) is 3.00. The summed E-state index contributed by atoms with van der Waals surface area (Å²) in [5.41, 5.74) is 2.46. The predicted octanol–water partition coefficient (Wildman–Crippen LogP) is 4.02. The van der Waals surface area contributed by atoms with Crippen molar-refractivity contribution in [3.63, 3.8) is 0 Å². The minimum Gasteiger partial charge on any atom is -0.322 e. The summed E-state index contributed by atoms with van der Waals surface area (Å²) in [5, 5.41) is 10.7. The van der Waals surface area contributed by atoms with Gasteiger partial charge in [-0.15, -0.1) is 0 Å². The number of nitrogens with zero attached hydrogens (tertiary/aromatic N) is 1. The highest BCUT2D eigenvalue weighted by molar-refractivity contribution is 6.33. The standard InChI is InChI=1S/C15H18ClN3O/c1-9-12(17-14(20)15(2,3)4)13(19-18-9)10-7-5-6-8-11(10)16/h5-8H,1-4H3,(H,17,20)(H,18,19). The van der Waals surface area contributed by atoms with E-state index in [9.17, 15) is 4.79 Å². The molecule has 20 heavy (non-hydrogen) atoms. The molecule has 1 aromatic heterocycles. The predicted molar refractivity (Wildman–Crippen MR) is 81.9 cm³/mol. The first kappa shape index (κ1) is 14.6. The van der Waals surface area contributed by atoms with Crippen LogP contribution in [0.25, 0.3) is 11.3 Å². The highest BCUT2D eigenvalue weighted by Crippen LogP contribution is 2.34. The van der Waals surface area contributed by atoms with Crippen LogP contribution in [0.3, 0.4) is 0 Å². The van der Waals surface area contributed by atoms with E-state index in [4.69, 9.17) is 11.6 Å². The summed E-state index contributed by atoms with van der Waals surface area (Å²) >= 11 is 6.20. The van der Waals surface area contributed by atoms with Gasteiger partial charge in [0.25, 0.3) is 0 Å². The fourth-order valence-electron chi connectivity index (χ4n) is 1.73. The summed E-state index contributed by atoms with van der Waals surface area (Å²) in [4.78, 5) is 12.2. The van der Waals surface area contributed by atoms with Crippen LogP contribution in [-0.2, 0) is 4.79 Å². The van der Waals surface area contributed by atoms with Crippen molar-refractivity contribution < 1.29 is 4.79 Å². The number of rotatable bonds is 2. The lowest BCUT2D eigenvalue weighted by Gasteiger charge is -2.18. The lowest BCUT2D eigenvalue weighted by atomic mass is 9.95. The Morgan fingerprint density at radius 2 is 1.95 bits per heavy atom. The monoisotopic (exact) mass is 291 g/mol. The second-order valence-corrected chi connectivity index (χ2v) is 6.16. The number of aryl methyl sites for hydroxylation is 1. The van der Waals surface area contributed by atoms with Gasteiger partial charge in [0.05, 0.1) is 16.4 Å².